The molecule has 0 saturated carbocycles. The Balaban J connectivity index is 2.77. The number of hydrogen-bond donors (Lipinski definition) is 4. The van der Waals surface area contributed by atoms with Crippen LogP contribution >= 0.6 is 0 Å². The minimum absolute atomic E-state index is 0.0376. The first-order valence-corrected chi connectivity index (χ1v) is 9.25. The predicted molar refractivity (Wildman–Crippen MR) is 97.1 cm³/mol. The van der Waals surface area contributed by atoms with Crippen LogP contribution in [0.3, 0.4) is 0 Å². The van der Waals surface area contributed by atoms with E-state index in [1.807, 2.05) is 6.92 Å². The molecule has 27 heavy (non-hydrogen) atoms. The fraction of sp³-hybridized carbons (Fsp3) is 0.778. The summed E-state index contributed by atoms with van der Waals surface area (Å²) in [6.45, 7) is 6.22. The molecular weight excluding hydrogens is 356 g/mol. The molecule has 5 atom stereocenters. The lowest BCUT2D eigenvalue weighted by atomic mass is 10.1. The molecule has 156 valence electrons. The van der Waals surface area contributed by atoms with Gasteiger partial charge in [-0.1, -0.05) is 0 Å². The van der Waals surface area contributed by atoms with E-state index in [9.17, 15) is 20.4 Å². The van der Waals surface area contributed by atoms with Crippen LogP contribution in [0.25, 0.3) is 0 Å². The maximum Gasteiger partial charge on any atom is 0.126 e. The normalized spacial score (nSPS) is 17.3. The molecule has 1 aromatic heterocycles. The molecule has 0 aliphatic heterocycles. The molecule has 1 unspecified atom stereocenters. The van der Waals surface area contributed by atoms with Gasteiger partial charge in [-0.25, -0.2) is 0 Å². The lowest BCUT2D eigenvalue weighted by molar-refractivity contribution is -0.119. The summed E-state index contributed by atoms with van der Waals surface area (Å²) in [4.78, 5) is 8.36. The Morgan fingerprint density at radius 2 is 1.63 bits per heavy atom. The highest BCUT2D eigenvalue weighted by Gasteiger charge is 2.30. The van der Waals surface area contributed by atoms with Crippen molar-refractivity contribution in [1.82, 2.24) is 9.97 Å². The zero-order valence-corrected chi connectivity index (χ0v) is 16.2. The second-order valence-electron chi connectivity index (χ2n) is 5.97. The summed E-state index contributed by atoms with van der Waals surface area (Å²) in [5.74, 6) is 0. The Morgan fingerprint density at radius 1 is 0.926 bits per heavy atom. The van der Waals surface area contributed by atoms with Crippen molar-refractivity contribution in [2.24, 2.45) is 0 Å². The number of hydrogen-bond acceptors (Lipinski definition) is 9. The Bertz CT molecular complexity index is 503. The Morgan fingerprint density at radius 3 is 2.15 bits per heavy atom. The maximum absolute atomic E-state index is 10.5. The van der Waals surface area contributed by atoms with E-state index in [4.69, 9.17) is 14.2 Å². The quantitative estimate of drug-likeness (QED) is 0.336. The van der Waals surface area contributed by atoms with Crippen LogP contribution in [0.15, 0.2) is 12.4 Å². The topological polar surface area (TPSA) is 134 Å². The van der Waals surface area contributed by atoms with Crippen LogP contribution in [0, 0.1) is 0 Å². The van der Waals surface area contributed by atoms with Gasteiger partial charge in [-0.15, -0.1) is 0 Å². The van der Waals surface area contributed by atoms with Gasteiger partial charge in [0.2, 0.25) is 0 Å². The monoisotopic (exact) mass is 388 g/mol. The minimum Gasteiger partial charge on any atom is -0.394 e. The van der Waals surface area contributed by atoms with E-state index in [2.05, 4.69) is 9.97 Å². The van der Waals surface area contributed by atoms with Gasteiger partial charge in [-0.05, 0) is 20.8 Å². The highest BCUT2D eigenvalue weighted by atomic mass is 16.5. The minimum atomic E-state index is -1.18. The zero-order chi connectivity index (χ0) is 20.2. The molecule has 0 fully saturated rings. The van der Waals surface area contributed by atoms with E-state index in [1.54, 1.807) is 13.8 Å². The molecule has 1 aromatic rings. The van der Waals surface area contributed by atoms with Gasteiger partial charge in [0, 0.05) is 32.4 Å². The van der Waals surface area contributed by atoms with E-state index in [-0.39, 0.29) is 25.3 Å². The fourth-order valence-corrected chi connectivity index (χ4v) is 2.57. The molecule has 0 aromatic carbocycles. The van der Waals surface area contributed by atoms with E-state index in [0.717, 1.165) is 0 Å². The molecule has 9 heteroatoms. The summed E-state index contributed by atoms with van der Waals surface area (Å²) in [7, 11) is 0. The van der Waals surface area contributed by atoms with Crippen molar-refractivity contribution in [1.29, 1.82) is 0 Å². The molecule has 0 aliphatic rings. The first kappa shape index (κ1) is 23.8. The average molecular weight is 388 g/mol. The number of aromatic nitrogens is 2. The van der Waals surface area contributed by atoms with Crippen LogP contribution in [0.4, 0.5) is 0 Å². The van der Waals surface area contributed by atoms with Crippen LogP contribution in [0.1, 0.15) is 38.3 Å². The third-order valence-electron chi connectivity index (χ3n) is 3.98. The highest BCUT2D eigenvalue weighted by molar-refractivity contribution is 5.08. The molecule has 4 N–H and O–H groups in total. The van der Waals surface area contributed by atoms with Gasteiger partial charge in [0.1, 0.15) is 24.4 Å². The van der Waals surface area contributed by atoms with Crippen molar-refractivity contribution in [3.8, 4) is 0 Å². The van der Waals surface area contributed by atoms with Crippen LogP contribution < -0.4 is 0 Å². The van der Waals surface area contributed by atoms with Crippen molar-refractivity contribution in [3.63, 3.8) is 0 Å². The Labute approximate surface area is 159 Å². The zero-order valence-electron chi connectivity index (χ0n) is 16.2. The summed E-state index contributed by atoms with van der Waals surface area (Å²) in [6, 6.07) is 0. The van der Waals surface area contributed by atoms with Gasteiger partial charge in [-0.2, -0.15) is 0 Å². The standard InChI is InChI=1S/C18H32N2O7/c1-4-25-11-15(23)18(27-6-3)17(24)13-9-19-12(8-20-13)7-14(22)16(10-21)26-5-2/h8-9,14-18,21-24H,4-7,10-11H2,1-3H3/t14-,15-,16+,17?,18-/m0/s1. The fourth-order valence-electron chi connectivity index (χ4n) is 2.57. The van der Waals surface area contributed by atoms with Crippen molar-refractivity contribution < 1.29 is 34.6 Å². The van der Waals surface area contributed by atoms with Crippen LogP contribution in [-0.2, 0) is 20.6 Å². The van der Waals surface area contributed by atoms with E-state index in [1.165, 1.54) is 12.4 Å². The largest absolute Gasteiger partial charge is 0.394 e. The molecule has 9 nitrogen and oxygen atoms in total. The number of aliphatic hydroxyl groups is 4. The molecular formula is C18H32N2O7. The van der Waals surface area contributed by atoms with Crippen LogP contribution in [0.2, 0.25) is 0 Å². The SMILES string of the molecule is CCOC[C@H](O)[C@H](OCC)C(O)c1cnc(C[C@H](O)[C@@H](CO)OCC)cn1. The summed E-state index contributed by atoms with van der Waals surface area (Å²) < 4.78 is 15.9. The summed E-state index contributed by atoms with van der Waals surface area (Å²) in [5.41, 5.74) is 0.727. The van der Waals surface area contributed by atoms with E-state index < -0.39 is 30.5 Å². The second kappa shape index (κ2) is 13.1. The van der Waals surface area contributed by atoms with Gasteiger partial charge >= 0.3 is 0 Å². The summed E-state index contributed by atoms with van der Waals surface area (Å²) in [6.07, 6.45) is -1.76. The molecule has 0 bridgehead atoms. The predicted octanol–water partition coefficient (Wildman–Crippen LogP) is -0.387. The number of ether oxygens (including phenoxy) is 3. The lowest BCUT2D eigenvalue weighted by Gasteiger charge is -2.27. The Kier molecular flexibility index (Phi) is 11.5. The number of rotatable bonds is 14. The highest BCUT2D eigenvalue weighted by Crippen LogP contribution is 2.20. The third-order valence-corrected chi connectivity index (χ3v) is 3.98. The van der Waals surface area contributed by atoms with Gasteiger partial charge in [-0.3, -0.25) is 9.97 Å². The van der Waals surface area contributed by atoms with Gasteiger partial charge in [0.05, 0.1) is 36.9 Å². The van der Waals surface area contributed by atoms with Crippen LogP contribution in [0.5, 0.6) is 0 Å². The Hall–Kier alpha value is -1.20. The van der Waals surface area contributed by atoms with Gasteiger partial charge in [0.25, 0.3) is 0 Å². The maximum atomic E-state index is 10.5. The third kappa shape index (κ3) is 7.74. The average Bonchev–Trinajstić information content (AvgIpc) is 2.68. The van der Waals surface area contributed by atoms with Crippen molar-refractivity contribution in [2.75, 3.05) is 33.0 Å². The molecule has 0 saturated heterocycles. The smallest absolute Gasteiger partial charge is 0.126 e. The molecule has 0 amide bonds. The molecule has 1 heterocycles. The molecule has 0 spiro atoms. The van der Waals surface area contributed by atoms with Gasteiger partial charge < -0.3 is 34.6 Å². The lowest BCUT2D eigenvalue weighted by Crippen LogP contribution is -2.38. The van der Waals surface area contributed by atoms with Crippen LogP contribution in [-0.4, -0.2) is 87.8 Å². The van der Waals surface area contributed by atoms with E-state index >= 15 is 0 Å². The molecule has 1 rings (SSSR count). The second-order valence-corrected chi connectivity index (χ2v) is 5.97. The van der Waals surface area contributed by atoms with E-state index in [0.29, 0.717) is 25.5 Å². The summed E-state index contributed by atoms with van der Waals surface area (Å²) in [5, 5.41) is 40.1. The van der Waals surface area contributed by atoms with Crippen molar-refractivity contribution in [3.05, 3.63) is 23.8 Å². The number of nitrogens with zero attached hydrogens (tertiary/aromatic N) is 2. The first-order valence-electron chi connectivity index (χ1n) is 9.25. The van der Waals surface area contributed by atoms with Gasteiger partial charge in [0.15, 0.2) is 0 Å². The number of aliphatic hydroxyl groups excluding tert-OH is 4. The molecule has 0 aliphatic carbocycles. The molecule has 0 radical (unpaired) electrons. The van der Waals surface area contributed by atoms with Crippen molar-refractivity contribution in [2.45, 2.75) is 57.7 Å². The first-order chi connectivity index (χ1) is 13.0. The summed E-state index contributed by atoms with van der Waals surface area (Å²) >= 11 is 0. The van der Waals surface area contributed by atoms with Crippen molar-refractivity contribution >= 4 is 0 Å².